The lowest BCUT2D eigenvalue weighted by atomic mass is 10.1. The van der Waals surface area contributed by atoms with Crippen molar-refractivity contribution >= 4 is 28.6 Å². The molecule has 5 nitrogen and oxygen atoms in total. The Bertz CT molecular complexity index is 924. The van der Waals surface area contributed by atoms with Crippen molar-refractivity contribution in [1.29, 1.82) is 0 Å². The number of hydrogen-bond donors (Lipinski definition) is 2. The molecule has 3 aromatic rings. The molecule has 0 aliphatic carbocycles. The number of nitrogens with one attached hydrogen (secondary N) is 1. The number of carboxylic acids is 1. The minimum absolute atomic E-state index is 0.124. The van der Waals surface area contributed by atoms with Crippen molar-refractivity contribution in [1.82, 2.24) is 9.55 Å². The Morgan fingerprint density at radius 3 is 2.71 bits per heavy atom. The molecule has 0 radical (unpaired) electrons. The van der Waals surface area contributed by atoms with Gasteiger partial charge in [-0.15, -0.1) is 0 Å². The number of benzene rings is 2. The summed E-state index contributed by atoms with van der Waals surface area (Å²) in [4.78, 5) is 25.9. The van der Waals surface area contributed by atoms with Crippen LogP contribution in [0.4, 0.5) is 0 Å². The average Bonchev–Trinajstić information content (AvgIpc) is 2.76. The molecular weight excluding hydrogens is 292 g/mol. The third kappa shape index (κ3) is 2.21. The van der Waals surface area contributed by atoms with E-state index < -0.39 is 5.97 Å². The van der Waals surface area contributed by atoms with E-state index in [0.717, 1.165) is 5.56 Å². The zero-order valence-electron chi connectivity index (χ0n) is 11.1. The first-order chi connectivity index (χ1) is 9.97. The molecular formula is C15H11ClN2O3. The first kappa shape index (κ1) is 13.5. The lowest BCUT2D eigenvalue weighted by Crippen LogP contribution is -2.15. The number of nitrogens with zero attached hydrogens (tertiary/aromatic N) is 1. The molecule has 1 aromatic heterocycles. The highest BCUT2D eigenvalue weighted by atomic mass is 35.5. The topological polar surface area (TPSA) is 75.1 Å². The Hall–Kier alpha value is -2.53. The maximum atomic E-state index is 12.2. The minimum atomic E-state index is -1.04. The molecule has 0 saturated carbocycles. The van der Waals surface area contributed by atoms with Gasteiger partial charge in [-0.3, -0.25) is 4.57 Å². The molecule has 21 heavy (non-hydrogen) atoms. The van der Waals surface area contributed by atoms with E-state index >= 15 is 0 Å². The van der Waals surface area contributed by atoms with Crippen LogP contribution in [0, 0.1) is 6.92 Å². The van der Waals surface area contributed by atoms with Gasteiger partial charge in [0, 0.05) is 5.02 Å². The highest BCUT2D eigenvalue weighted by Gasteiger charge is 2.13. The molecule has 1 heterocycles. The number of aromatic carboxylic acids is 1. The summed E-state index contributed by atoms with van der Waals surface area (Å²) in [5.41, 5.74) is 2.43. The van der Waals surface area contributed by atoms with E-state index in [1.807, 2.05) is 13.0 Å². The first-order valence-electron chi connectivity index (χ1n) is 6.22. The number of fused-ring (bicyclic) bond motifs is 1. The number of carboxylic acid groups (broad SMARTS) is 1. The van der Waals surface area contributed by atoms with Gasteiger partial charge in [0.2, 0.25) is 0 Å². The molecule has 0 spiro atoms. The van der Waals surface area contributed by atoms with Crippen molar-refractivity contribution in [2.75, 3.05) is 0 Å². The summed E-state index contributed by atoms with van der Waals surface area (Å²) in [5, 5.41) is 9.53. The number of H-pyrrole nitrogens is 1. The molecule has 0 bridgehead atoms. The largest absolute Gasteiger partial charge is 0.478 e. The second-order valence-corrected chi connectivity index (χ2v) is 5.17. The van der Waals surface area contributed by atoms with E-state index in [4.69, 9.17) is 16.7 Å². The van der Waals surface area contributed by atoms with Gasteiger partial charge in [-0.25, -0.2) is 9.59 Å². The maximum absolute atomic E-state index is 12.2. The summed E-state index contributed by atoms with van der Waals surface area (Å²) >= 11 is 6.00. The van der Waals surface area contributed by atoms with E-state index in [9.17, 15) is 9.59 Å². The SMILES string of the molecule is Cc1ccc(Cl)cc1-n1c(=O)[nH]c2cc(C(=O)O)ccc21. The molecule has 0 unspecified atom stereocenters. The molecule has 6 heteroatoms. The van der Waals surface area contributed by atoms with E-state index in [0.29, 0.717) is 21.7 Å². The number of aryl methyl sites for hydroxylation is 1. The van der Waals surface area contributed by atoms with Crippen LogP contribution in [0.3, 0.4) is 0 Å². The van der Waals surface area contributed by atoms with E-state index in [-0.39, 0.29) is 11.3 Å². The zero-order valence-corrected chi connectivity index (χ0v) is 11.8. The van der Waals surface area contributed by atoms with Crippen molar-refractivity contribution in [2.24, 2.45) is 0 Å². The van der Waals surface area contributed by atoms with Gasteiger partial charge < -0.3 is 10.1 Å². The summed E-state index contributed by atoms with van der Waals surface area (Å²) in [6.07, 6.45) is 0. The summed E-state index contributed by atoms with van der Waals surface area (Å²) in [6.45, 7) is 1.88. The molecule has 0 fully saturated rings. The molecule has 2 aromatic carbocycles. The molecule has 3 rings (SSSR count). The molecule has 0 aliphatic rings. The van der Waals surface area contributed by atoms with Crippen molar-refractivity contribution < 1.29 is 9.90 Å². The van der Waals surface area contributed by atoms with Gasteiger partial charge in [0.15, 0.2) is 0 Å². The fourth-order valence-electron chi connectivity index (χ4n) is 2.31. The summed E-state index contributed by atoms with van der Waals surface area (Å²) < 4.78 is 1.49. The third-order valence-corrected chi connectivity index (χ3v) is 3.58. The summed E-state index contributed by atoms with van der Waals surface area (Å²) in [7, 11) is 0. The molecule has 0 amide bonds. The van der Waals surface area contributed by atoms with E-state index in [1.165, 1.54) is 16.7 Å². The van der Waals surface area contributed by atoms with Crippen LogP contribution in [-0.2, 0) is 0 Å². The Morgan fingerprint density at radius 2 is 2.00 bits per heavy atom. The highest BCUT2D eigenvalue weighted by molar-refractivity contribution is 6.30. The van der Waals surface area contributed by atoms with Gasteiger partial charge in [0.25, 0.3) is 0 Å². The zero-order chi connectivity index (χ0) is 15.1. The second-order valence-electron chi connectivity index (χ2n) is 4.73. The van der Waals surface area contributed by atoms with Gasteiger partial charge in [-0.05, 0) is 42.8 Å². The van der Waals surface area contributed by atoms with Gasteiger partial charge >= 0.3 is 11.7 Å². The van der Waals surface area contributed by atoms with Crippen LogP contribution in [0.5, 0.6) is 0 Å². The third-order valence-electron chi connectivity index (χ3n) is 3.34. The van der Waals surface area contributed by atoms with Crippen LogP contribution >= 0.6 is 11.6 Å². The summed E-state index contributed by atoms with van der Waals surface area (Å²) in [5.74, 6) is -1.04. The van der Waals surface area contributed by atoms with Crippen LogP contribution in [-0.4, -0.2) is 20.6 Å². The number of carbonyl (C=O) groups is 1. The number of hydrogen-bond acceptors (Lipinski definition) is 2. The van der Waals surface area contributed by atoms with Gasteiger partial charge in [0.05, 0.1) is 22.3 Å². The number of halogens is 1. The fourth-order valence-corrected chi connectivity index (χ4v) is 2.47. The van der Waals surface area contributed by atoms with Crippen molar-refractivity contribution in [2.45, 2.75) is 6.92 Å². The smallest absolute Gasteiger partial charge is 0.335 e. The van der Waals surface area contributed by atoms with Crippen LogP contribution in [0.2, 0.25) is 5.02 Å². The van der Waals surface area contributed by atoms with Gasteiger partial charge in [0.1, 0.15) is 0 Å². The van der Waals surface area contributed by atoms with Gasteiger partial charge in [-0.2, -0.15) is 0 Å². The molecule has 0 saturated heterocycles. The summed E-state index contributed by atoms with van der Waals surface area (Å²) in [6, 6.07) is 9.80. The lowest BCUT2D eigenvalue weighted by Gasteiger charge is -2.08. The van der Waals surface area contributed by atoms with Crippen molar-refractivity contribution in [3.8, 4) is 5.69 Å². The van der Waals surface area contributed by atoms with Gasteiger partial charge in [-0.1, -0.05) is 17.7 Å². The molecule has 0 atom stereocenters. The Morgan fingerprint density at radius 1 is 1.24 bits per heavy atom. The normalized spacial score (nSPS) is 11.0. The van der Waals surface area contributed by atoms with Crippen molar-refractivity contribution in [3.63, 3.8) is 0 Å². The molecule has 0 aliphatic heterocycles. The molecule has 106 valence electrons. The van der Waals surface area contributed by atoms with Crippen LogP contribution in [0.15, 0.2) is 41.2 Å². The number of aromatic nitrogens is 2. The van der Waals surface area contributed by atoms with Crippen LogP contribution in [0.1, 0.15) is 15.9 Å². The molecule has 2 N–H and O–H groups in total. The van der Waals surface area contributed by atoms with E-state index in [1.54, 1.807) is 18.2 Å². The Balaban J connectivity index is 2.33. The van der Waals surface area contributed by atoms with Crippen molar-refractivity contribution in [3.05, 3.63) is 63.0 Å². The minimum Gasteiger partial charge on any atom is -0.478 e. The number of aromatic amines is 1. The quantitative estimate of drug-likeness (QED) is 0.764. The van der Waals surface area contributed by atoms with E-state index in [2.05, 4.69) is 4.98 Å². The first-order valence-corrected chi connectivity index (χ1v) is 6.60. The number of rotatable bonds is 2. The number of imidazole rings is 1. The second kappa shape index (κ2) is 4.79. The van der Waals surface area contributed by atoms with Crippen LogP contribution in [0.25, 0.3) is 16.7 Å². The standard InChI is InChI=1S/C15H11ClN2O3/c1-8-2-4-10(16)7-13(8)18-12-5-3-9(14(19)20)6-11(12)17-15(18)21/h2-7H,1H3,(H,17,21)(H,19,20). The fraction of sp³-hybridized carbons (Fsp3) is 0.0667. The Kier molecular flexibility index (Phi) is 3.07. The lowest BCUT2D eigenvalue weighted by molar-refractivity contribution is 0.0697. The van der Waals surface area contributed by atoms with Crippen LogP contribution < -0.4 is 5.69 Å². The predicted molar refractivity (Wildman–Crippen MR) is 80.6 cm³/mol. The predicted octanol–water partition coefficient (Wildman–Crippen LogP) is 2.98. The Labute approximate surface area is 124 Å². The monoisotopic (exact) mass is 302 g/mol. The maximum Gasteiger partial charge on any atom is 0.335 e. The average molecular weight is 303 g/mol. The highest BCUT2D eigenvalue weighted by Crippen LogP contribution is 2.22.